The quantitative estimate of drug-likeness (QED) is 0.691. The maximum absolute atomic E-state index is 12.9. The van der Waals surface area contributed by atoms with Crippen LogP contribution in [0.25, 0.3) is 10.8 Å². The van der Waals surface area contributed by atoms with Crippen molar-refractivity contribution in [1.29, 1.82) is 0 Å². The van der Waals surface area contributed by atoms with Gasteiger partial charge in [0.15, 0.2) is 0 Å². The van der Waals surface area contributed by atoms with Crippen LogP contribution in [0.5, 0.6) is 0 Å². The standard InChI is InChI=1S/C20H19F3N4O/c21-20(22,23)16-5-3-6-17(12-16)26-10-8-25(9-11-26)14-27-19(28)18-7-2-1-4-15(18)13-24-27/h1-7,12-13H,8-11,14H2. The zero-order valence-corrected chi connectivity index (χ0v) is 15.1. The van der Waals surface area contributed by atoms with E-state index >= 15 is 0 Å². The minimum atomic E-state index is -4.35. The minimum absolute atomic E-state index is 0.140. The topological polar surface area (TPSA) is 41.4 Å². The third-order valence-corrected chi connectivity index (χ3v) is 5.01. The van der Waals surface area contributed by atoms with Crippen LogP contribution in [0.15, 0.2) is 59.5 Å². The summed E-state index contributed by atoms with van der Waals surface area (Å²) in [4.78, 5) is 16.6. The molecule has 0 aliphatic carbocycles. The Hall–Kier alpha value is -2.87. The van der Waals surface area contributed by atoms with Gasteiger partial charge in [-0.15, -0.1) is 0 Å². The number of anilines is 1. The summed E-state index contributed by atoms with van der Waals surface area (Å²) in [6.07, 6.45) is -2.67. The average molecular weight is 388 g/mol. The molecule has 0 amide bonds. The van der Waals surface area contributed by atoms with Crippen LogP contribution in [0.3, 0.4) is 0 Å². The van der Waals surface area contributed by atoms with Crippen molar-refractivity contribution in [2.75, 3.05) is 31.1 Å². The predicted octanol–water partition coefficient (Wildman–Crippen LogP) is 3.20. The first-order valence-corrected chi connectivity index (χ1v) is 9.01. The normalized spacial score (nSPS) is 15.9. The first-order chi connectivity index (χ1) is 13.4. The molecular weight excluding hydrogens is 369 g/mol. The van der Waals surface area contributed by atoms with Crippen molar-refractivity contribution in [2.24, 2.45) is 0 Å². The highest BCUT2D eigenvalue weighted by atomic mass is 19.4. The smallest absolute Gasteiger partial charge is 0.369 e. The van der Waals surface area contributed by atoms with E-state index in [0.29, 0.717) is 43.9 Å². The molecule has 1 aliphatic heterocycles. The molecule has 8 heteroatoms. The van der Waals surface area contributed by atoms with Crippen molar-refractivity contribution in [1.82, 2.24) is 14.7 Å². The van der Waals surface area contributed by atoms with Crippen molar-refractivity contribution >= 4 is 16.5 Å². The maximum atomic E-state index is 12.9. The van der Waals surface area contributed by atoms with Crippen molar-refractivity contribution < 1.29 is 13.2 Å². The van der Waals surface area contributed by atoms with Crippen LogP contribution >= 0.6 is 0 Å². The number of alkyl halides is 3. The van der Waals surface area contributed by atoms with Gasteiger partial charge in [0, 0.05) is 37.3 Å². The molecule has 146 valence electrons. The largest absolute Gasteiger partial charge is 0.416 e. The van der Waals surface area contributed by atoms with Crippen LogP contribution in [0.2, 0.25) is 0 Å². The number of hydrogen-bond acceptors (Lipinski definition) is 4. The highest BCUT2D eigenvalue weighted by Crippen LogP contribution is 2.31. The molecule has 0 atom stereocenters. The molecule has 0 bridgehead atoms. The summed E-state index contributed by atoms with van der Waals surface area (Å²) in [5, 5.41) is 5.67. The second kappa shape index (κ2) is 7.27. The second-order valence-corrected chi connectivity index (χ2v) is 6.83. The molecule has 1 aromatic heterocycles. The molecule has 1 saturated heterocycles. The third kappa shape index (κ3) is 3.73. The highest BCUT2D eigenvalue weighted by Gasteiger charge is 2.31. The van der Waals surface area contributed by atoms with Gasteiger partial charge < -0.3 is 4.90 Å². The fraction of sp³-hybridized carbons (Fsp3) is 0.300. The molecule has 1 aliphatic rings. The Morgan fingerprint density at radius 3 is 2.46 bits per heavy atom. The van der Waals surface area contributed by atoms with E-state index in [1.807, 2.05) is 23.1 Å². The first-order valence-electron chi connectivity index (χ1n) is 9.01. The molecule has 0 unspecified atom stereocenters. The number of piperazine rings is 1. The van der Waals surface area contributed by atoms with Gasteiger partial charge >= 0.3 is 6.18 Å². The molecule has 4 rings (SSSR count). The summed E-state index contributed by atoms with van der Waals surface area (Å²) >= 11 is 0. The SMILES string of the molecule is O=c1c2ccccc2cnn1CN1CCN(c2cccc(C(F)(F)F)c2)CC1. The fourth-order valence-electron chi connectivity index (χ4n) is 3.44. The average Bonchev–Trinajstić information content (AvgIpc) is 2.70. The Morgan fingerprint density at radius 1 is 0.964 bits per heavy atom. The summed E-state index contributed by atoms with van der Waals surface area (Å²) < 4.78 is 40.2. The number of halogens is 3. The first kappa shape index (κ1) is 18.5. The van der Waals surface area contributed by atoms with Gasteiger partial charge in [0.2, 0.25) is 0 Å². The van der Waals surface area contributed by atoms with Gasteiger partial charge in [-0.1, -0.05) is 24.3 Å². The molecule has 28 heavy (non-hydrogen) atoms. The lowest BCUT2D eigenvalue weighted by Crippen LogP contribution is -2.48. The lowest BCUT2D eigenvalue weighted by Gasteiger charge is -2.36. The number of hydrogen-bond donors (Lipinski definition) is 0. The zero-order chi connectivity index (χ0) is 19.7. The summed E-state index contributed by atoms with van der Waals surface area (Å²) in [5.74, 6) is 0. The molecule has 5 nitrogen and oxygen atoms in total. The molecule has 0 N–H and O–H groups in total. The van der Waals surface area contributed by atoms with Gasteiger partial charge in [-0.2, -0.15) is 18.3 Å². The zero-order valence-electron chi connectivity index (χ0n) is 15.1. The van der Waals surface area contributed by atoms with E-state index in [0.717, 1.165) is 11.5 Å². The number of benzene rings is 2. The van der Waals surface area contributed by atoms with Gasteiger partial charge in [0.1, 0.15) is 0 Å². The third-order valence-electron chi connectivity index (χ3n) is 5.01. The minimum Gasteiger partial charge on any atom is -0.369 e. The van der Waals surface area contributed by atoms with Crippen molar-refractivity contribution in [3.8, 4) is 0 Å². The van der Waals surface area contributed by atoms with Crippen LogP contribution in [-0.2, 0) is 12.8 Å². The number of fused-ring (bicyclic) bond motifs is 1. The molecular formula is C20H19F3N4O. The van der Waals surface area contributed by atoms with Gasteiger partial charge in [-0.25, -0.2) is 4.68 Å². The molecule has 0 radical (unpaired) electrons. The van der Waals surface area contributed by atoms with Crippen molar-refractivity contribution in [3.05, 3.63) is 70.6 Å². The Bertz CT molecular complexity index is 1040. The maximum Gasteiger partial charge on any atom is 0.416 e. The fourth-order valence-corrected chi connectivity index (χ4v) is 3.44. The second-order valence-electron chi connectivity index (χ2n) is 6.83. The summed E-state index contributed by atoms with van der Waals surface area (Å²) in [5.41, 5.74) is -0.215. The number of nitrogens with zero attached hydrogens (tertiary/aromatic N) is 4. The van der Waals surface area contributed by atoms with Gasteiger partial charge in [-0.3, -0.25) is 9.69 Å². The predicted molar refractivity (Wildman–Crippen MR) is 101 cm³/mol. The van der Waals surface area contributed by atoms with Crippen molar-refractivity contribution in [3.63, 3.8) is 0 Å². The number of aromatic nitrogens is 2. The Balaban J connectivity index is 1.44. The van der Waals surface area contributed by atoms with Crippen molar-refractivity contribution in [2.45, 2.75) is 12.8 Å². The highest BCUT2D eigenvalue weighted by molar-refractivity contribution is 5.80. The Morgan fingerprint density at radius 2 is 1.71 bits per heavy atom. The van der Waals surface area contributed by atoms with E-state index in [2.05, 4.69) is 10.00 Å². The molecule has 2 aromatic carbocycles. The monoisotopic (exact) mass is 388 g/mol. The Kier molecular flexibility index (Phi) is 4.80. The van der Waals surface area contributed by atoms with Gasteiger partial charge in [-0.05, 0) is 24.3 Å². The number of rotatable bonds is 3. The van der Waals surface area contributed by atoms with E-state index < -0.39 is 11.7 Å². The van der Waals surface area contributed by atoms with E-state index in [-0.39, 0.29) is 5.56 Å². The van der Waals surface area contributed by atoms with Crippen LogP contribution in [0, 0.1) is 0 Å². The van der Waals surface area contributed by atoms with E-state index in [9.17, 15) is 18.0 Å². The molecule has 0 spiro atoms. The van der Waals surface area contributed by atoms with E-state index in [4.69, 9.17) is 0 Å². The molecule has 3 aromatic rings. The van der Waals surface area contributed by atoms with Crippen LogP contribution in [0.4, 0.5) is 18.9 Å². The lowest BCUT2D eigenvalue weighted by molar-refractivity contribution is -0.137. The van der Waals surface area contributed by atoms with Crippen LogP contribution < -0.4 is 10.5 Å². The summed E-state index contributed by atoms with van der Waals surface area (Å²) in [6, 6.07) is 12.7. The van der Waals surface area contributed by atoms with Crippen LogP contribution in [0.1, 0.15) is 5.56 Å². The molecule has 0 saturated carbocycles. The molecule has 2 heterocycles. The summed E-state index contributed by atoms with van der Waals surface area (Å²) in [7, 11) is 0. The summed E-state index contributed by atoms with van der Waals surface area (Å²) in [6.45, 7) is 2.81. The van der Waals surface area contributed by atoms with Gasteiger partial charge in [0.25, 0.3) is 5.56 Å². The van der Waals surface area contributed by atoms with E-state index in [1.54, 1.807) is 18.3 Å². The van der Waals surface area contributed by atoms with Gasteiger partial charge in [0.05, 0.1) is 23.8 Å². The van der Waals surface area contributed by atoms with E-state index in [1.165, 1.54) is 16.8 Å². The van der Waals surface area contributed by atoms with Crippen LogP contribution in [-0.4, -0.2) is 40.9 Å². The Labute approximate surface area is 159 Å². The lowest BCUT2D eigenvalue weighted by atomic mass is 10.1. The molecule has 1 fully saturated rings.